The van der Waals surface area contributed by atoms with Gasteiger partial charge in [-0.3, -0.25) is 19.4 Å². The third kappa shape index (κ3) is 6.86. The van der Waals surface area contributed by atoms with Gasteiger partial charge in [0.05, 0.1) is 39.2 Å². The van der Waals surface area contributed by atoms with Crippen molar-refractivity contribution in [3.8, 4) is 17.2 Å². The van der Waals surface area contributed by atoms with Crippen molar-refractivity contribution in [1.29, 1.82) is 0 Å². The first-order valence-corrected chi connectivity index (χ1v) is 15.0. The predicted octanol–water partition coefficient (Wildman–Crippen LogP) is 3.47. The number of carbonyl (C=O) groups excluding carboxylic acids is 3. The molecule has 2 heterocycles. The number of ether oxygens (including phenoxy) is 3. The van der Waals surface area contributed by atoms with Crippen molar-refractivity contribution in [2.45, 2.75) is 25.4 Å². The van der Waals surface area contributed by atoms with E-state index in [1.807, 2.05) is 66.7 Å². The largest absolute Gasteiger partial charge is 0.496 e. The lowest BCUT2D eigenvalue weighted by Crippen LogP contribution is -2.42. The number of amidine groups is 2. The number of para-hydroxylation sites is 2. The van der Waals surface area contributed by atoms with E-state index >= 15 is 0 Å². The Balaban J connectivity index is 1.20. The molecule has 2 N–H and O–H groups in total. The van der Waals surface area contributed by atoms with Crippen LogP contribution in [0.1, 0.15) is 23.1 Å². The third-order valence-corrected chi connectivity index (χ3v) is 8.05. The Morgan fingerprint density at radius 1 is 0.886 bits per heavy atom. The highest BCUT2D eigenvalue weighted by molar-refractivity contribution is 8.14. The van der Waals surface area contributed by atoms with Gasteiger partial charge < -0.3 is 24.8 Å². The van der Waals surface area contributed by atoms with Crippen LogP contribution in [-0.4, -0.2) is 73.3 Å². The fourth-order valence-corrected chi connectivity index (χ4v) is 5.72. The Kier molecular flexibility index (Phi) is 9.80. The zero-order valence-corrected chi connectivity index (χ0v) is 25.5. The molecule has 2 aliphatic rings. The van der Waals surface area contributed by atoms with Gasteiger partial charge >= 0.3 is 0 Å². The number of aliphatic imine (C=N–C) groups is 2. The van der Waals surface area contributed by atoms with Crippen LogP contribution in [0.3, 0.4) is 0 Å². The number of amides is 3. The first kappa shape index (κ1) is 30.6. The van der Waals surface area contributed by atoms with Crippen LogP contribution < -0.4 is 24.8 Å². The number of nitrogens with one attached hydrogen (secondary N) is 2. The molecule has 12 heteroatoms. The highest BCUT2D eigenvalue weighted by atomic mass is 32.2. The maximum atomic E-state index is 13.5. The van der Waals surface area contributed by atoms with Crippen LogP contribution in [-0.2, 0) is 27.3 Å². The van der Waals surface area contributed by atoms with Crippen LogP contribution in [0.25, 0.3) is 0 Å². The predicted molar refractivity (Wildman–Crippen MR) is 169 cm³/mol. The fourth-order valence-electron chi connectivity index (χ4n) is 4.89. The summed E-state index contributed by atoms with van der Waals surface area (Å²) in [6.45, 7) is 0.683. The van der Waals surface area contributed by atoms with Crippen molar-refractivity contribution in [1.82, 2.24) is 15.5 Å². The molecule has 0 spiro atoms. The molecule has 11 nitrogen and oxygen atoms in total. The molecule has 0 fully saturated rings. The van der Waals surface area contributed by atoms with E-state index in [2.05, 4.69) is 20.6 Å². The average molecular weight is 616 g/mol. The van der Waals surface area contributed by atoms with Crippen molar-refractivity contribution in [2.24, 2.45) is 9.98 Å². The minimum Gasteiger partial charge on any atom is -0.496 e. The molecule has 0 bridgehead atoms. The second kappa shape index (κ2) is 14.1. The highest BCUT2D eigenvalue weighted by Gasteiger charge is 2.42. The third-order valence-electron chi connectivity index (χ3n) is 7.11. The summed E-state index contributed by atoms with van der Waals surface area (Å²) >= 11 is 1.15. The Morgan fingerprint density at radius 2 is 1.64 bits per heavy atom. The number of thioether (sulfide) groups is 1. The van der Waals surface area contributed by atoms with Gasteiger partial charge in [0.2, 0.25) is 11.8 Å². The van der Waals surface area contributed by atoms with Gasteiger partial charge in [0.25, 0.3) is 5.91 Å². The minimum atomic E-state index is -0.907. The molecule has 44 heavy (non-hydrogen) atoms. The number of hydrogen-bond donors (Lipinski definition) is 2. The van der Waals surface area contributed by atoms with E-state index in [0.29, 0.717) is 52.5 Å². The molecule has 3 aromatic rings. The van der Waals surface area contributed by atoms with Crippen molar-refractivity contribution in [3.05, 3.63) is 83.4 Å². The zero-order valence-electron chi connectivity index (χ0n) is 24.7. The summed E-state index contributed by atoms with van der Waals surface area (Å²) in [5.41, 5.74) is 3.16. The number of benzene rings is 3. The standard InChI is InChI=1S/C32H33N5O6S/c1-41-25-11-7-4-8-21(25)18-34-28(38)17-24-31(40)37-30(35-24)22-9-5-6-10-23(22)36-32(37)44-19-29(39)33-15-14-20-12-13-26(42-2)27(16-20)43-3/h4-13,16,24H,14-15,17-19H2,1-3H3,(H,33,39)(H,34,38)/t24-/m1/s1. The molecule has 0 saturated carbocycles. The molecular formula is C32H33N5O6S. The summed E-state index contributed by atoms with van der Waals surface area (Å²) in [6.07, 6.45) is 0.484. The van der Waals surface area contributed by atoms with Crippen molar-refractivity contribution >= 4 is 46.2 Å². The Labute approximate surface area is 259 Å². The van der Waals surface area contributed by atoms with Crippen LogP contribution in [0.4, 0.5) is 5.69 Å². The number of carbonyl (C=O) groups is 3. The molecule has 0 unspecified atom stereocenters. The molecule has 2 aliphatic heterocycles. The number of rotatable bonds is 12. The molecule has 3 amide bonds. The van der Waals surface area contributed by atoms with Gasteiger partial charge in [0.15, 0.2) is 16.7 Å². The Morgan fingerprint density at radius 3 is 2.43 bits per heavy atom. The second-order valence-corrected chi connectivity index (χ2v) is 10.9. The topological polar surface area (TPSA) is 131 Å². The van der Waals surface area contributed by atoms with Gasteiger partial charge in [-0.25, -0.2) is 9.89 Å². The zero-order chi connectivity index (χ0) is 31.1. The quantitative estimate of drug-likeness (QED) is 0.319. The maximum absolute atomic E-state index is 13.5. The molecular weight excluding hydrogens is 582 g/mol. The molecule has 0 aliphatic carbocycles. The summed E-state index contributed by atoms with van der Waals surface area (Å²) in [5.74, 6) is 1.54. The van der Waals surface area contributed by atoms with E-state index in [1.165, 1.54) is 4.90 Å². The SMILES string of the molecule is COc1ccccc1CNC(=O)C[C@H]1N=C2c3ccccc3N=C(SCC(=O)NCCc3ccc(OC)c(OC)c3)N2C1=O. The van der Waals surface area contributed by atoms with E-state index in [1.54, 1.807) is 21.3 Å². The highest BCUT2D eigenvalue weighted by Crippen LogP contribution is 2.34. The average Bonchev–Trinajstić information content (AvgIpc) is 3.38. The van der Waals surface area contributed by atoms with Gasteiger partial charge in [-0.1, -0.05) is 48.2 Å². The number of nitrogens with zero attached hydrogens (tertiary/aromatic N) is 3. The van der Waals surface area contributed by atoms with Gasteiger partial charge in [-0.2, -0.15) is 0 Å². The number of fused-ring (bicyclic) bond motifs is 3. The van der Waals surface area contributed by atoms with Crippen LogP contribution in [0.2, 0.25) is 0 Å². The summed E-state index contributed by atoms with van der Waals surface area (Å²) in [5, 5.41) is 6.12. The molecule has 0 saturated heterocycles. The first-order chi connectivity index (χ1) is 21.4. The molecule has 1 atom stereocenters. The first-order valence-electron chi connectivity index (χ1n) is 14.0. The maximum Gasteiger partial charge on any atom is 0.259 e. The van der Waals surface area contributed by atoms with Crippen LogP contribution in [0.5, 0.6) is 17.2 Å². The van der Waals surface area contributed by atoms with E-state index in [4.69, 9.17) is 14.2 Å². The molecule has 0 aromatic heterocycles. The van der Waals surface area contributed by atoms with Gasteiger partial charge in [0.1, 0.15) is 17.6 Å². The lowest BCUT2D eigenvalue weighted by Gasteiger charge is -2.25. The van der Waals surface area contributed by atoms with Crippen LogP contribution >= 0.6 is 11.8 Å². The normalized spacial score (nSPS) is 15.0. The van der Waals surface area contributed by atoms with E-state index < -0.39 is 6.04 Å². The van der Waals surface area contributed by atoms with Gasteiger partial charge in [-0.15, -0.1) is 0 Å². The molecule has 228 valence electrons. The Hall–Kier alpha value is -4.84. The summed E-state index contributed by atoms with van der Waals surface area (Å²) < 4.78 is 16.0. The lowest BCUT2D eigenvalue weighted by molar-refractivity contribution is -0.128. The van der Waals surface area contributed by atoms with Crippen LogP contribution in [0.15, 0.2) is 76.7 Å². The van der Waals surface area contributed by atoms with Crippen molar-refractivity contribution in [2.75, 3.05) is 33.6 Å². The van der Waals surface area contributed by atoms with Gasteiger partial charge in [0, 0.05) is 24.2 Å². The monoisotopic (exact) mass is 615 g/mol. The summed E-state index contributed by atoms with van der Waals surface area (Å²) in [7, 11) is 4.73. The van der Waals surface area contributed by atoms with E-state index in [9.17, 15) is 14.4 Å². The van der Waals surface area contributed by atoms with E-state index in [-0.39, 0.29) is 36.4 Å². The Bertz CT molecular complexity index is 1620. The van der Waals surface area contributed by atoms with Crippen LogP contribution in [0, 0.1) is 0 Å². The van der Waals surface area contributed by atoms with Crippen molar-refractivity contribution < 1.29 is 28.6 Å². The number of hydrogen-bond acceptors (Lipinski definition) is 9. The van der Waals surface area contributed by atoms with Gasteiger partial charge in [-0.05, 0) is 42.3 Å². The molecule has 0 radical (unpaired) electrons. The fraction of sp³-hybridized carbons (Fsp3) is 0.281. The smallest absolute Gasteiger partial charge is 0.259 e. The van der Waals surface area contributed by atoms with E-state index in [0.717, 1.165) is 22.9 Å². The lowest BCUT2D eigenvalue weighted by atomic mass is 10.1. The summed E-state index contributed by atoms with van der Waals surface area (Å²) in [4.78, 5) is 49.8. The minimum absolute atomic E-state index is 0.0497. The number of methoxy groups -OCH3 is 3. The second-order valence-electron chi connectivity index (χ2n) is 9.92. The molecule has 3 aromatic carbocycles. The molecule has 5 rings (SSSR count). The summed E-state index contributed by atoms with van der Waals surface area (Å²) in [6, 6.07) is 19.5. The van der Waals surface area contributed by atoms with Crippen molar-refractivity contribution in [3.63, 3.8) is 0 Å².